The van der Waals surface area contributed by atoms with E-state index in [1.165, 1.54) is 4.90 Å². The zero-order chi connectivity index (χ0) is 29.8. The molecule has 3 amide bonds. The van der Waals surface area contributed by atoms with Gasteiger partial charge in [-0.05, 0) is 61.6 Å². The number of ether oxygens (including phenoxy) is 1. The SMILES string of the molecule is O=C1c2ccccc2N(C(=O)OC/C=C/c2ccccc2)[C@@H](O)[C@@H]2CCCN12.O=C1c2ccccc2N=C[C@@H]2CCCN12. The molecule has 9 nitrogen and oxygen atoms in total. The Hall–Kier alpha value is -4.76. The third-order valence-electron chi connectivity index (χ3n) is 8.25. The van der Waals surface area contributed by atoms with E-state index in [0.29, 0.717) is 24.2 Å². The van der Waals surface area contributed by atoms with E-state index in [9.17, 15) is 19.5 Å². The van der Waals surface area contributed by atoms with E-state index in [1.54, 1.807) is 35.2 Å². The van der Waals surface area contributed by atoms with E-state index >= 15 is 0 Å². The van der Waals surface area contributed by atoms with Gasteiger partial charge in [0.2, 0.25) is 0 Å². The largest absolute Gasteiger partial charge is 0.445 e. The average Bonchev–Trinajstić information content (AvgIpc) is 3.69. The molecule has 4 aliphatic rings. The Morgan fingerprint density at radius 2 is 1.53 bits per heavy atom. The van der Waals surface area contributed by atoms with Crippen LogP contribution < -0.4 is 4.90 Å². The topological polar surface area (TPSA) is 103 Å². The molecule has 0 aliphatic carbocycles. The van der Waals surface area contributed by atoms with Gasteiger partial charge >= 0.3 is 6.09 Å². The van der Waals surface area contributed by atoms with Gasteiger partial charge in [0.1, 0.15) is 6.61 Å². The van der Waals surface area contributed by atoms with Gasteiger partial charge in [0.15, 0.2) is 6.23 Å². The van der Waals surface area contributed by atoms with Crippen LogP contribution in [0.4, 0.5) is 16.2 Å². The fraction of sp³-hybridized carbons (Fsp3) is 0.294. The number of benzene rings is 3. The van der Waals surface area contributed by atoms with Gasteiger partial charge in [-0.3, -0.25) is 14.6 Å². The number of nitrogens with zero attached hydrogens (tertiary/aromatic N) is 4. The van der Waals surface area contributed by atoms with Crippen molar-refractivity contribution >= 4 is 41.6 Å². The van der Waals surface area contributed by atoms with Crippen LogP contribution in [-0.2, 0) is 4.74 Å². The summed E-state index contributed by atoms with van der Waals surface area (Å²) in [6.45, 7) is 1.52. The normalized spacial score (nSPS) is 22.2. The van der Waals surface area contributed by atoms with Crippen molar-refractivity contribution in [2.75, 3.05) is 24.6 Å². The van der Waals surface area contributed by atoms with Crippen LogP contribution in [0.1, 0.15) is 52.0 Å². The Labute approximate surface area is 250 Å². The van der Waals surface area contributed by atoms with E-state index in [1.807, 2.05) is 71.8 Å². The highest BCUT2D eigenvalue weighted by Crippen LogP contribution is 2.35. The van der Waals surface area contributed by atoms with E-state index in [2.05, 4.69) is 4.99 Å². The summed E-state index contributed by atoms with van der Waals surface area (Å²) in [5, 5.41) is 10.9. The number of hydrogen-bond donors (Lipinski definition) is 1. The number of aliphatic imine (C=N–C) groups is 1. The van der Waals surface area contributed by atoms with E-state index < -0.39 is 18.4 Å². The number of para-hydroxylation sites is 2. The van der Waals surface area contributed by atoms with Crippen molar-refractivity contribution in [3.63, 3.8) is 0 Å². The molecule has 9 heteroatoms. The van der Waals surface area contributed by atoms with Gasteiger partial charge in [0.25, 0.3) is 11.8 Å². The standard InChI is InChI=1S/C22H22N2O4.C12H12N2O/c25-20-17-11-4-5-12-18(17)24(21(26)19-13-6-14-23(19)20)22(27)28-15-7-10-16-8-2-1-3-9-16;15-12-10-5-1-2-6-11(10)13-8-9-4-3-7-14(9)12/h1-5,7-12,19,21,26H,6,13-15H2;1-2,5-6,8-9H,3-4,7H2/b10-7+;/t19-,21-;9-/m00/s1. The smallest absolute Gasteiger partial charge is 0.416 e. The Morgan fingerprint density at radius 3 is 2.37 bits per heavy atom. The first kappa shape index (κ1) is 28.4. The van der Waals surface area contributed by atoms with Crippen molar-refractivity contribution in [3.8, 4) is 0 Å². The molecule has 43 heavy (non-hydrogen) atoms. The summed E-state index contributed by atoms with van der Waals surface area (Å²) in [4.78, 5) is 47.0. The Bertz CT molecular complexity index is 1560. The minimum Gasteiger partial charge on any atom is -0.445 e. The summed E-state index contributed by atoms with van der Waals surface area (Å²) >= 11 is 0. The van der Waals surface area contributed by atoms with Crippen molar-refractivity contribution in [1.29, 1.82) is 0 Å². The number of anilines is 1. The van der Waals surface area contributed by atoms with Crippen LogP contribution in [0.25, 0.3) is 6.08 Å². The first-order chi connectivity index (χ1) is 21.0. The second-order valence-electron chi connectivity index (χ2n) is 10.9. The highest BCUT2D eigenvalue weighted by molar-refractivity contribution is 6.05. The third-order valence-corrected chi connectivity index (χ3v) is 8.25. The summed E-state index contributed by atoms with van der Waals surface area (Å²) in [5.74, 6) is -0.0259. The lowest BCUT2D eigenvalue weighted by molar-refractivity contribution is 0.0496. The van der Waals surface area contributed by atoms with Crippen LogP contribution >= 0.6 is 0 Å². The van der Waals surface area contributed by atoms with Crippen LogP contribution in [0.3, 0.4) is 0 Å². The Balaban J connectivity index is 0.000000183. The van der Waals surface area contributed by atoms with Crippen molar-refractivity contribution in [1.82, 2.24) is 9.80 Å². The van der Waals surface area contributed by atoms with Crippen molar-refractivity contribution in [2.45, 2.75) is 44.0 Å². The average molecular weight is 579 g/mol. The molecule has 220 valence electrons. The van der Waals surface area contributed by atoms with Gasteiger partial charge in [-0.15, -0.1) is 0 Å². The van der Waals surface area contributed by atoms with E-state index in [-0.39, 0.29) is 24.5 Å². The maximum absolute atomic E-state index is 12.9. The summed E-state index contributed by atoms with van der Waals surface area (Å²) in [5.41, 5.74) is 3.33. The zero-order valence-electron chi connectivity index (χ0n) is 23.8. The lowest BCUT2D eigenvalue weighted by Gasteiger charge is -2.31. The molecular formula is C34H34N4O5. The maximum atomic E-state index is 12.9. The fourth-order valence-electron chi connectivity index (χ4n) is 6.12. The molecule has 4 heterocycles. The summed E-state index contributed by atoms with van der Waals surface area (Å²) in [6, 6.07) is 23.9. The summed E-state index contributed by atoms with van der Waals surface area (Å²) in [7, 11) is 0. The van der Waals surface area contributed by atoms with Crippen LogP contribution in [-0.4, -0.2) is 77.0 Å². The molecule has 3 aromatic carbocycles. The number of fused-ring (bicyclic) bond motifs is 4. The molecule has 0 spiro atoms. The van der Waals surface area contributed by atoms with E-state index in [4.69, 9.17) is 4.74 Å². The molecule has 4 aliphatic heterocycles. The second-order valence-corrected chi connectivity index (χ2v) is 10.9. The molecule has 3 aromatic rings. The third kappa shape index (κ3) is 5.81. The van der Waals surface area contributed by atoms with Crippen molar-refractivity contribution in [3.05, 3.63) is 102 Å². The summed E-state index contributed by atoms with van der Waals surface area (Å²) < 4.78 is 5.38. The van der Waals surface area contributed by atoms with Gasteiger partial charge in [0.05, 0.1) is 34.6 Å². The Morgan fingerprint density at radius 1 is 0.860 bits per heavy atom. The quantitative estimate of drug-likeness (QED) is 0.455. The van der Waals surface area contributed by atoms with Gasteiger partial charge in [-0.1, -0.05) is 60.7 Å². The van der Waals surface area contributed by atoms with Crippen LogP contribution in [0.5, 0.6) is 0 Å². The molecule has 2 saturated heterocycles. The fourth-order valence-corrected chi connectivity index (χ4v) is 6.12. The van der Waals surface area contributed by atoms with Gasteiger partial charge in [-0.25, -0.2) is 9.69 Å². The highest BCUT2D eigenvalue weighted by Gasteiger charge is 2.44. The highest BCUT2D eigenvalue weighted by atomic mass is 16.6. The number of amides is 3. The van der Waals surface area contributed by atoms with Gasteiger partial charge in [-0.2, -0.15) is 0 Å². The minimum absolute atomic E-state index is 0.0709. The predicted molar refractivity (Wildman–Crippen MR) is 164 cm³/mol. The van der Waals surface area contributed by atoms with Crippen LogP contribution in [0, 0.1) is 0 Å². The molecule has 7 rings (SSSR count). The monoisotopic (exact) mass is 578 g/mol. The minimum atomic E-state index is -1.14. The molecule has 0 unspecified atom stereocenters. The number of carbonyl (C=O) groups excluding carboxylic acids is 3. The lowest BCUT2D eigenvalue weighted by atomic mass is 10.1. The predicted octanol–water partition coefficient (Wildman–Crippen LogP) is 5.29. The second kappa shape index (κ2) is 12.6. The molecule has 2 fully saturated rings. The molecule has 3 atom stereocenters. The molecule has 0 radical (unpaired) electrons. The maximum Gasteiger partial charge on any atom is 0.416 e. The molecule has 0 bridgehead atoms. The van der Waals surface area contributed by atoms with Crippen molar-refractivity contribution in [2.24, 2.45) is 4.99 Å². The van der Waals surface area contributed by atoms with Crippen LogP contribution in [0.2, 0.25) is 0 Å². The first-order valence-corrected chi connectivity index (χ1v) is 14.7. The number of carbonyl (C=O) groups is 3. The lowest BCUT2D eigenvalue weighted by Crippen LogP contribution is -2.50. The van der Waals surface area contributed by atoms with Crippen LogP contribution in [0.15, 0.2) is 89.9 Å². The first-order valence-electron chi connectivity index (χ1n) is 14.7. The van der Waals surface area contributed by atoms with Gasteiger partial charge < -0.3 is 19.6 Å². The van der Waals surface area contributed by atoms with Gasteiger partial charge in [0, 0.05) is 19.3 Å². The summed E-state index contributed by atoms with van der Waals surface area (Å²) in [6.07, 6.45) is 7.31. The van der Waals surface area contributed by atoms with E-state index in [0.717, 1.165) is 42.6 Å². The zero-order valence-corrected chi connectivity index (χ0v) is 23.8. The molecule has 0 aromatic heterocycles. The molecular weight excluding hydrogens is 544 g/mol. The Kier molecular flexibility index (Phi) is 8.33. The number of aliphatic hydroxyl groups is 1. The molecule has 0 saturated carbocycles. The number of rotatable bonds is 3. The molecule has 1 N–H and O–H groups in total. The number of hydrogen-bond acceptors (Lipinski definition) is 6. The van der Waals surface area contributed by atoms with Crippen molar-refractivity contribution < 1.29 is 24.2 Å². The number of aliphatic hydroxyl groups excluding tert-OH is 1.